The Labute approximate surface area is 108 Å². The smallest absolute Gasteiger partial charge is 0.148 e. The number of nitrogens with two attached hydrogens (primary N) is 1. The van der Waals surface area contributed by atoms with Crippen molar-refractivity contribution in [2.45, 2.75) is 13.0 Å². The third kappa shape index (κ3) is 2.90. The maximum Gasteiger partial charge on any atom is 0.148 e. The molecule has 1 aromatic heterocycles. The maximum absolute atomic E-state index is 13.6. The number of nitrogen functional groups attached to an aromatic ring is 1. The minimum absolute atomic E-state index is 0.00521. The summed E-state index contributed by atoms with van der Waals surface area (Å²) in [5.41, 5.74) is 6.35. The van der Waals surface area contributed by atoms with Gasteiger partial charge in [0.1, 0.15) is 5.82 Å². The molecule has 0 fully saturated rings. The molecule has 5 heteroatoms. The van der Waals surface area contributed by atoms with Gasteiger partial charge in [-0.1, -0.05) is 11.6 Å². The number of nitrogens with one attached hydrogen (secondary N) is 1. The molecule has 1 unspecified atom stereocenters. The molecule has 0 spiro atoms. The number of hydrogen-bond donors (Lipinski definition) is 2. The highest BCUT2D eigenvalue weighted by Gasteiger charge is 2.10. The summed E-state index contributed by atoms with van der Waals surface area (Å²) in [4.78, 5) is 1.06. The molecule has 2 rings (SSSR count). The Bertz CT molecular complexity index is 527. The van der Waals surface area contributed by atoms with Crippen LogP contribution in [-0.4, -0.2) is 0 Å². The number of halogens is 2. The first-order valence-corrected chi connectivity index (χ1v) is 6.32. The molecule has 0 bridgehead atoms. The van der Waals surface area contributed by atoms with E-state index < -0.39 is 0 Å². The van der Waals surface area contributed by atoms with Crippen LogP contribution in [0.4, 0.5) is 15.8 Å². The molecule has 3 N–H and O–H groups in total. The lowest BCUT2D eigenvalue weighted by atomic mass is 10.2. The molecule has 0 aliphatic heterocycles. The Morgan fingerprint density at radius 2 is 2.12 bits per heavy atom. The number of thiophene rings is 1. The van der Waals surface area contributed by atoms with Gasteiger partial charge in [-0.15, -0.1) is 11.3 Å². The molecule has 0 radical (unpaired) electrons. The Morgan fingerprint density at radius 1 is 1.35 bits per heavy atom. The van der Waals surface area contributed by atoms with Crippen molar-refractivity contribution in [3.05, 3.63) is 45.4 Å². The van der Waals surface area contributed by atoms with Crippen LogP contribution in [0.2, 0.25) is 4.34 Å². The number of anilines is 2. The van der Waals surface area contributed by atoms with Crippen LogP contribution in [0.3, 0.4) is 0 Å². The van der Waals surface area contributed by atoms with Crippen LogP contribution >= 0.6 is 22.9 Å². The van der Waals surface area contributed by atoms with Crippen LogP contribution in [0.15, 0.2) is 30.3 Å². The second kappa shape index (κ2) is 4.94. The first-order valence-electron chi connectivity index (χ1n) is 5.13. The van der Waals surface area contributed by atoms with Gasteiger partial charge in [-0.2, -0.15) is 0 Å². The second-order valence-corrected chi connectivity index (χ2v) is 5.49. The van der Waals surface area contributed by atoms with E-state index in [1.807, 2.05) is 19.1 Å². The van der Waals surface area contributed by atoms with E-state index in [1.165, 1.54) is 17.4 Å². The Morgan fingerprint density at radius 3 is 2.71 bits per heavy atom. The molecule has 0 aliphatic rings. The Kier molecular flexibility index (Phi) is 3.54. The molecule has 2 aromatic rings. The zero-order valence-electron chi connectivity index (χ0n) is 9.21. The largest absolute Gasteiger partial charge is 0.399 e. The van der Waals surface area contributed by atoms with Gasteiger partial charge in [0.15, 0.2) is 0 Å². The van der Waals surface area contributed by atoms with Crippen LogP contribution in [0.5, 0.6) is 0 Å². The standard InChI is InChI=1S/C12H12ClFN2S/c1-7(11-4-5-12(13)17-11)16-10-3-2-8(15)6-9(10)14/h2-7,16H,15H2,1H3. The van der Waals surface area contributed by atoms with E-state index in [0.717, 1.165) is 9.21 Å². The van der Waals surface area contributed by atoms with Crippen LogP contribution < -0.4 is 11.1 Å². The molecular weight excluding hydrogens is 259 g/mol. The Hall–Kier alpha value is -1.26. The topological polar surface area (TPSA) is 38.0 Å². The molecule has 1 aromatic carbocycles. The lowest BCUT2D eigenvalue weighted by Gasteiger charge is -2.14. The monoisotopic (exact) mass is 270 g/mol. The van der Waals surface area contributed by atoms with Gasteiger partial charge in [-0.25, -0.2) is 4.39 Å². The molecule has 90 valence electrons. The summed E-state index contributed by atoms with van der Waals surface area (Å²) in [6.07, 6.45) is 0. The summed E-state index contributed by atoms with van der Waals surface area (Å²) in [5.74, 6) is -0.348. The van der Waals surface area contributed by atoms with E-state index in [4.69, 9.17) is 17.3 Å². The van der Waals surface area contributed by atoms with Crippen molar-refractivity contribution in [2.24, 2.45) is 0 Å². The minimum atomic E-state index is -0.348. The zero-order chi connectivity index (χ0) is 12.4. The van der Waals surface area contributed by atoms with Crippen molar-refractivity contribution in [3.63, 3.8) is 0 Å². The van der Waals surface area contributed by atoms with Crippen molar-refractivity contribution in [2.75, 3.05) is 11.1 Å². The van der Waals surface area contributed by atoms with Crippen molar-refractivity contribution in [1.82, 2.24) is 0 Å². The first-order chi connectivity index (χ1) is 8.06. The van der Waals surface area contributed by atoms with Gasteiger partial charge < -0.3 is 11.1 Å². The van der Waals surface area contributed by atoms with E-state index in [1.54, 1.807) is 12.1 Å². The average Bonchev–Trinajstić information content (AvgIpc) is 2.69. The summed E-state index contributed by atoms with van der Waals surface area (Å²) in [6, 6.07) is 8.37. The molecule has 2 nitrogen and oxygen atoms in total. The van der Waals surface area contributed by atoms with Crippen LogP contribution in [0.25, 0.3) is 0 Å². The summed E-state index contributed by atoms with van der Waals surface area (Å²) in [6.45, 7) is 1.96. The van der Waals surface area contributed by atoms with E-state index in [-0.39, 0.29) is 11.9 Å². The van der Waals surface area contributed by atoms with E-state index in [2.05, 4.69) is 5.32 Å². The number of hydrogen-bond acceptors (Lipinski definition) is 3. The van der Waals surface area contributed by atoms with Gasteiger partial charge in [0.25, 0.3) is 0 Å². The molecule has 1 atom stereocenters. The lowest BCUT2D eigenvalue weighted by Crippen LogP contribution is -2.06. The minimum Gasteiger partial charge on any atom is -0.399 e. The normalized spacial score (nSPS) is 12.4. The van der Waals surface area contributed by atoms with Gasteiger partial charge in [0, 0.05) is 10.6 Å². The highest BCUT2D eigenvalue weighted by atomic mass is 35.5. The third-order valence-electron chi connectivity index (χ3n) is 2.39. The fraction of sp³-hybridized carbons (Fsp3) is 0.167. The second-order valence-electron chi connectivity index (χ2n) is 3.75. The number of benzene rings is 1. The molecule has 0 amide bonds. The lowest BCUT2D eigenvalue weighted by molar-refractivity contribution is 0.628. The fourth-order valence-corrected chi connectivity index (χ4v) is 2.58. The van der Waals surface area contributed by atoms with E-state index in [9.17, 15) is 4.39 Å². The number of rotatable bonds is 3. The molecule has 1 heterocycles. The van der Waals surface area contributed by atoms with Crippen LogP contribution in [-0.2, 0) is 0 Å². The van der Waals surface area contributed by atoms with E-state index in [0.29, 0.717) is 11.4 Å². The zero-order valence-corrected chi connectivity index (χ0v) is 10.8. The van der Waals surface area contributed by atoms with Gasteiger partial charge in [-0.3, -0.25) is 0 Å². The predicted molar refractivity (Wildman–Crippen MR) is 72.2 cm³/mol. The summed E-state index contributed by atoms with van der Waals surface area (Å²) in [5, 5.41) is 3.09. The first kappa shape index (κ1) is 12.2. The predicted octanol–water partition coefficient (Wildman–Crippen LogP) is 4.30. The maximum atomic E-state index is 13.6. The highest BCUT2D eigenvalue weighted by molar-refractivity contribution is 7.16. The molecule has 0 aliphatic carbocycles. The molecule has 0 saturated carbocycles. The van der Waals surface area contributed by atoms with Gasteiger partial charge in [0.2, 0.25) is 0 Å². The quantitative estimate of drug-likeness (QED) is 0.816. The SMILES string of the molecule is CC(Nc1ccc(N)cc1F)c1ccc(Cl)s1. The van der Waals surface area contributed by atoms with Crippen molar-refractivity contribution in [1.29, 1.82) is 0 Å². The van der Waals surface area contributed by atoms with Crippen LogP contribution in [0.1, 0.15) is 17.8 Å². The van der Waals surface area contributed by atoms with Gasteiger partial charge in [0.05, 0.1) is 16.1 Å². The highest BCUT2D eigenvalue weighted by Crippen LogP contribution is 2.29. The van der Waals surface area contributed by atoms with Gasteiger partial charge in [-0.05, 0) is 37.3 Å². The summed E-state index contributed by atoms with van der Waals surface area (Å²) >= 11 is 7.34. The average molecular weight is 271 g/mol. The van der Waals surface area contributed by atoms with E-state index >= 15 is 0 Å². The van der Waals surface area contributed by atoms with Crippen molar-refractivity contribution >= 4 is 34.3 Å². The van der Waals surface area contributed by atoms with Crippen LogP contribution in [0, 0.1) is 5.82 Å². The third-order valence-corrected chi connectivity index (χ3v) is 3.80. The Balaban J connectivity index is 2.15. The fourth-order valence-electron chi connectivity index (χ4n) is 1.51. The summed E-state index contributed by atoms with van der Waals surface area (Å²) in [7, 11) is 0. The summed E-state index contributed by atoms with van der Waals surface area (Å²) < 4.78 is 14.3. The molecule has 0 saturated heterocycles. The molecule has 17 heavy (non-hydrogen) atoms. The van der Waals surface area contributed by atoms with Crippen molar-refractivity contribution in [3.8, 4) is 0 Å². The van der Waals surface area contributed by atoms with Gasteiger partial charge >= 0.3 is 0 Å². The molecular formula is C12H12ClFN2S. The van der Waals surface area contributed by atoms with Crippen molar-refractivity contribution < 1.29 is 4.39 Å².